The molecule has 0 fully saturated rings. The Labute approximate surface area is 213 Å². The smallest absolute Gasteiger partial charge is 0.335 e. The number of aromatic nitrogens is 2. The molecule has 8 heteroatoms. The summed E-state index contributed by atoms with van der Waals surface area (Å²) < 4.78 is 1.47. The largest absolute Gasteiger partial charge is 0.505 e. The molecule has 0 amide bonds. The molecule has 0 radical (unpaired) electrons. The van der Waals surface area contributed by atoms with E-state index in [1.807, 2.05) is 6.07 Å². The SMILES string of the molecule is Cc1[nH]n(-c2ccc3c(c2)CCCC3(C)C)c(=O)c1N=Nc1cccc(-c2cccc(C(=O)O)c2)c1O. The van der Waals surface area contributed by atoms with Crippen LogP contribution in [0.1, 0.15) is 53.9 Å². The lowest BCUT2D eigenvalue weighted by Gasteiger charge is -2.32. The maximum atomic E-state index is 13.2. The zero-order chi connectivity index (χ0) is 26.3. The summed E-state index contributed by atoms with van der Waals surface area (Å²) in [6.45, 7) is 6.25. The van der Waals surface area contributed by atoms with Gasteiger partial charge in [0, 0.05) is 5.56 Å². The summed E-state index contributed by atoms with van der Waals surface area (Å²) in [4.78, 5) is 24.6. The number of carboxylic acid groups (broad SMARTS) is 1. The third-order valence-electron chi connectivity index (χ3n) is 7.06. The monoisotopic (exact) mass is 496 g/mol. The number of aromatic amines is 1. The Bertz CT molecular complexity index is 1610. The summed E-state index contributed by atoms with van der Waals surface area (Å²) >= 11 is 0. The number of rotatable bonds is 5. The van der Waals surface area contributed by atoms with Crippen LogP contribution in [0.25, 0.3) is 16.8 Å². The molecule has 0 atom stereocenters. The van der Waals surface area contributed by atoms with Gasteiger partial charge in [-0.25, -0.2) is 9.48 Å². The molecule has 0 aliphatic heterocycles. The zero-order valence-corrected chi connectivity index (χ0v) is 20.9. The van der Waals surface area contributed by atoms with E-state index in [9.17, 15) is 19.8 Å². The molecule has 1 aliphatic rings. The minimum atomic E-state index is -1.06. The summed E-state index contributed by atoms with van der Waals surface area (Å²) in [5.41, 5.74) is 5.03. The molecule has 37 heavy (non-hydrogen) atoms. The van der Waals surface area contributed by atoms with Crippen LogP contribution < -0.4 is 5.56 Å². The molecule has 1 heterocycles. The van der Waals surface area contributed by atoms with Gasteiger partial charge in [0.2, 0.25) is 0 Å². The second-order valence-corrected chi connectivity index (χ2v) is 10.1. The molecule has 3 N–H and O–H groups in total. The Balaban J connectivity index is 1.48. The van der Waals surface area contributed by atoms with Crippen LogP contribution in [0.5, 0.6) is 5.75 Å². The highest BCUT2D eigenvalue weighted by molar-refractivity contribution is 5.90. The standard InChI is InChI=1S/C29H28N4O4/c1-17-25(27(35)33(32-17)21-12-13-23-19(16-21)9-6-14-29(23,2)3)31-30-24-11-5-10-22(26(24)34)18-7-4-8-20(15-18)28(36)37/h4-5,7-8,10-13,15-16,32,34H,6,9,14H2,1-3H3,(H,36,37). The fourth-order valence-electron chi connectivity index (χ4n) is 5.05. The van der Waals surface area contributed by atoms with Gasteiger partial charge in [-0.15, -0.1) is 10.2 Å². The summed E-state index contributed by atoms with van der Waals surface area (Å²) in [6, 6.07) is 17.3. The number of hydrogen-bond donors (Lipinski definition) is 3. The van der Waals surface area contributed by atoms with Crippen LogP contribution in [-0.4, -0.2) is 26.0 Å². The van der Waals surface area contributed by atoms with Gasteiger partial charge in [0.25, 0.3) is 5.56 Å². The van der Waals surface area contributed by atoms with E-state index in [-0.39, 0.29) is 33.7 Å². The molecule has 5 rings (SSSR count). The molecule has 0 bridgehead atoms. The normalized spacial score (nSPS) is 14.6. The van der Waals surface area contributed by atoms with Gasteiger partial charge in [0.1, 0.15) is 5.69 Å². The number of hydrogen-bond acceptors (Lipinski definition) is 5. The van der Waals surface area contributed by atoms with Crippen molar-refractivity contribution in [3.05, 3.63) is 93.4 Å². The summed E-state index contributed by atoms with van der Waals surface area (Å²) in [5.74, 6) is -1.21. The highest BCUT2D eigenvalue weighted by Crippen LogP contribution is 2.39. The number of H-pyrrole nitrogens is 1. The fraction of sp³-hybridized carbons (Fsp3) is 0.241. The van der Waals surface area contributed by atoms with E-state index in [1.54, 1.807) is 37.3 Å². The molecule has 0 saturated carbocycles. The lowest BCUT2D eigenvalue weighted by Crippen LogP contribution is -2.24. The van der Waals surface area contributed by atoms with Crippen molar-refractivity contribution in [2.24, 2.45) is 10.2 Å². The van der Waals surface area contributed by atoms with E-state index in [0.717, 1.165) is 24.9 Å². The van der Waals surface area contributed by atoms with Gasteiger partial charge in [-0.05, 0) is 78.6 Å². The van der Waals surface area contributed by atoms with Crippen molar-refractivity contribution in [2.45, 2.75) is 45.4 Å². The van der Waals surface area contributed by atoms with Crippen molar-refractivity contribution in [3.63, 3.8) is 0 Å². The minimum absolute atomic E-state index is 0.109. The number of aromatic hydroxyl groups is 1. The number of nitrogens with zero attached hydrogens (tertiary/aromatic N) is 3. The van der Waals surface area contributed by atoms with Gasteiger partial charge >= 0.3 is 5.97 Å². The maximum absolute atomic E-state index is 13.2. The topological polar surface area (TPSA) is 120 Å². The molecule has 4 aromatic rings. The van der Waals surface area contributed by atoms with E-state index in [1.165, 1.54) is 27.9 Å². The van der Waals surface area contributed by atoms with Crippen LogP contribution in [0.3, 0.4) is 0 Å². The van der Waals surface area contributed by atoms with Crippen molar-refractivity contribution in [1.82, 2.24) is 9.78 Å². The lowest BCUT2D eigenvalue weighted by molar-refractivity contribution is 0.0697. The molecular formula is C29H28N4O4. The van der Waals surface area contributed by atoms with Gasteiger partial charge < -0.3 is 10.2 Å². The number of aryl methyl sites for hydroxylation is 2. The first-order valence-electron chi connectivity index (χ1n) is 12.2. The van der Waals surface area contributed by atoms with Crippen molar-refractivity contribution in [1.29, 1.82) is 0 Å². The van der Waals surface area contributed by atoms with Crippen LogP contribution >= 0.6 is 0 Å². The van der Waals surface area contributed by atoms with Crippen LogP contribution in [0, 0.1) is 6.92 Å². The predicted molar refractivity (Wildman–Crippen MR) is 142 cm³/mol. The molecule has 188 valence electrons. The Morgan fingerprint density at radius 2 is 1.84 bits per heavy atom. The minimum Gasteiger partial charge on any atom is -0.505 e. The quantitative estimate of drug-likeness (QED) is 0.270. The number of azo groups is 1. The van der Waals surface area contributed by atoms with Crippen LogP contribution in [0.15, 0.2) is 75.7 Å². The molecule has 1 aliphatic carbocycles. The van der Waals surface area contributed by atoms with Crippen LogP contribution in [0.2, 0.25) is 0 Å². The number of benzene rings is 3. The highest BCUT2D eigenvalue weighted by Gasteiger charge is 2.27. The number of nitrogens with one attached hydrogen (secondary N) is 1. The molecule has 0 saturated heterocycles. The van der Waals surface area contributed by atoms with Crippen molar-refractivity contribution < 1.29 is 15.0 Å². The van der Waals surface area contributed by atoms with Crippen LogP contribution in [0.4, 0.5) is 11.4 Å². The average Bonchev–Trinajstić information content (AvgIpc) is 3.16. The number of aromatic carboxylic acids is 1. The Hall–Kier alpha value is -4.46. The molecule has 1 aromatic heterocycles. The van der Waals surface area contributed by atoms with E-state index in [0.29, 0.717) is 16.8 Å². The number of fused-ring (bicyclic) bond motifs is 1. The maximum Gasteiger partial charge on any atom is 0.335 e. The average molecular weight is 497 g/mol. The van der Waals surface area contributed by atoms with Crippen molar-refractivity contribution in [2.75, 3.05) is 0 Å². The lowest BCUT2D eigenvalue weighted by atomic mass is 9.73. The predicted octanol–water partition coefficient (Wildman–Crippen LogP) is 6.57. The molecule has 0 unspecified atom stereocenters. The molecule has 0 spiro atoms. The third-order valence-corrected chi connectivity index (χ3v) is 7.06. The fourth-order valence-corrected chi connectivity index (χ4v) is 5.05. The van der Waals surface area contributed by atoms with Crippen molar-refractivity contribution in [3.8, 4) is 22.6 Å². The van der Waals surface area contributed by atoms with E-state index < -0.39 is 5.97 Å². The Morgan fingerprint density at radius 1 is 1.05 bits per heavy atom. The number of phenolic OH excluding ortho intramolecular Hbond substituents is 1. The summed E-state index contributed by atoms with van der Waals surface area (Å²) in [7, 11) is 0. The third kappa shape index (κ3) is 4.46. The first-order chi connectivity index (χ1) is 17.7. The summed E-state index contributed by atoms with van der Waals surface area (Å²) in [5, 5.41) is 31.5. The Morgan fingerprint density at radius 3 is 2.62 bits per heavy atom. The van der Waals surface area contributed by atoms with E-state index >= 15 is 0 Å². The van der Waals surface area contributed by atoms with Crippen molar-refractivity contribution >= 4 is 17.3 Å². The molecular weight excluding hydrogens is 468 g/mol. The molecule has 3 aromatic carbocycles. The second kappa shape index (κ2) is 9.20. The number of carbonyl (C=O) groups is 1. The Kier molecular flexibility index (Phi) is 6.03. The zero-order valence-electron chi connectivity index (χ0n) is 20.9. The number of para-hydroxylation sites is 1. The van der Waals surface area contributed by atoms with Gasteiger partial charge in [0.15, 0.2) is 11.4 Å². The first kappa shape index (κ1) is 24.2. The van der Waals surface area contributed by atoms with E-state index in [4.69, 9.17) is 0 Å². The number of phenols is 1. The molecule has 8 nitrogen and oxygen atoms in total. The van der Waals surface area contributed by atoms with Gasteiger partial charge in [-0.3, -0.25) is 9.89 Å². The van der Waals surface area contributed by atoms with Gasteiger partial charge in [0.05, 0.1) is 16.9 Å². The van der Waals surface area contributed by atoms with Crippen LogP contribution in [-0.2, 0) is 11.8 Å². The van der Waals surface area contributed by atoms with Gasteiger partial charge in [-0.2, -0.15) is 0 Å². The highest BCUT2D eigenvalue weighted by atomic mass is 16.4. The van der Waals surface area contributed by atoms with E-state index in [2.05, 4.69) is 41.3 Å². The first-order valence-corrected chi connectivity index (χ1v) is 12.2. The van der Waals surface area contributed by atoms with Gasteiger partial charge in [-0.1, -0.05) is 44.2 Å². The second-order valence-electron chi connectivity index (χ2n) is 10.1. The summed E-state index contributed by atoms with van der Waals surface area (Å²) in [6.07, 6.45) is 3.24. The number of carboxylic acids is 1.